The Morgan fingerprint density at radius 1 is 0.981 bits per heavy atom. The second-order valence-corrected chi connectivity index (χ2v) is 15.6. The molecule has 4 aromatic rings. The first kappa shape index (κ1) is 38.0. The Morgan fingerprint density at radius 2 is 1.69 bits per heavy atom. The zero-order chi connectivity index (χ0) is 39.6. The molecule has 0 fully saturated rings. The van der Waals surface area contributed by atoms with E-state index in [4.69, 9.17) is 19.6 Å². The number of hydrogen-bond acceptors (Lipinski definition) is 6. The van der Waals surface area contributed by atoms with Gasteiger partial charge in [0.1, 0.15) is 0 Å². The number of halogens is 7. The van der Waals surface area contributed by atoms with Gasteiger partial charge < -0.3 is 14.5 Å². The zero-order valence-corrected chi connectivity index (χ0v) is 30.3. The van der Waals surface area contributed by atoms with Crippen molar-refractivity contribution in [2.45, 2.75) is 83.1 Å². The van der Waals surface area contributed by atoms with Gasteiger partial charge in [-0.3, -0.25) is 9.47 Å². The molecular weight excluding hydrogens is 748 g/mol. The van der Waals surface area contributed by atoms with Gasteiger partial charge in [0, 0.05) is 30.4 Å². The summed E-state index contributed by atoms with van der Waals surface area (Å²) in [5.41, 5.74) is -3.14. The molecule has 18 heteroatoms. The first-order valence-corrected chi connectivity index (χ1v) is 18.2. The van der Waals surface area contributed by atoms with Gasteiger partial charge in [-0.25, -0.2) is 23.0 Å². The molecule has 2 aliphatic heterocycles. The fourth-order valence-electron chi connectivity index (χ4n) is 8.20. The highest BCUT2D eigenvalue weighted by molar-refractivity contribution is 7.46. The monoisotopic (exact) mass is 782 g/mol. The molecule has 4 heterocycles. The highest BCUT2D eigenvalue weighted by atomic mass is 31.2. The smallest absolute Gasteiger partial charge is 0.421 e. The van der Waals surface area contributed by atoms with Gasteiger partial charge in [-0.1, -0.05) is 31.2 Å². The Labute approximate surface area is 304 Å². The number of alkyl halides is 7. The lowest BCUT2D eigenvalue weighted by molar-refractivity contribution is -0.143. The van der Waals surface area contributed by atoms with Crippen molar-refractivity contribution in [2.24, 2.45) is 0 Å². The van der Waals surface area contributed by atoms with E-state index in [2.05, 4.69) is 4.52 Å². The van der Waals surface area contributed by atoms with Crippen LogP contribution >= 0.6 is 7.82 Å². The van der Waals surface area contributed by atoms with E-state index < -0.39 is 60.8 Å². The summed E-state index contributed by atoms with van der Waals surface area (Å²) in [7, 11) is -5.00. The van der Waals surface area contributed by atoms with E-state index in [1.165, 1.54) is 25.3 Å². The average Bonchev–Trinajstić information content (AvgIpc) is 3.74. The third-order valence-electron chi connectivity index (χ3n) is 10.7. The normalized spacial score (nSPS) is 21.9. The Bertz CT molecular complexity index is 2300. The maximum absolute atomic E-state index is 17.0. The molecule has 1 aliphatic carbocycles. The van der Waals surface area contributed by atoms with Crippen LogP contribution < -0.4 is 0 Å². The van der Waals surface area contributed by atoms with Crippen molar-refractivity contribution < 1.29 is 59.1 Å². The zero-order valence-electron chi connectivity index (χ0n) is 29.4. The van der Waals surface area contributed by atoms with Crippen LogP contribution in [-0.2, 0) is 62.3 Å². The molecule has 288 valence electrons. The van der Waals surface area contributed by atoms with E-state index in [1.54, 1.807) is 23.4 Å². The van der Waals surface area contributed by atoms with Crippen molar-refractivity contribution in [3.8, 4) is 5.69 Å². The second kappa shape index (κ2) is 12.1. The number of aromatic nitrogens is 3. The third-order valence-corrected chi connectivity index (χ3v) is 11.2. The quantitative estimate of drug-likeness (QED) is 0.114. The molecule has 0 amide bonds. The number of benzene rings is 2. The number of hydrogen-bond donors (Lipinski definition) is 2. The molecule has 54 heavy (non-hydrogen) atoms. The summed E-state index contributed by atoms with van der Waals surface area (Å²) in [4.78, 5) is 32.9. The molecule has 0 radical (unpaired) electrons. The highest BCUT2D eigenvalue weighted by Gasteiger charge is 2.56. The lowest BCUT2D eigenvalue weighted by Crippen LogP contribution is -2.42. The minimum atomic E-state index is -5.07. The lowest BCUT2D eigenvalue weighted by atomic mass is 9.62. The van der Waals surface area contributed by atoms with Crippen molar-refractivity contribution in [3.63, 3.8) is 0 Å². The number of fused-ring (bicyclic) bond motifs is 10. The van der Waals surface area contributed by atoms with Crippen molar-refractivity contribution in [2.75, 3.05) is 6.79 Å². The molecule has 10 nitrogen and oxygen atoms in total. The largest absolute Gasteiger partial charge is 0.472 e. The Kier molecular flexibility index (Phi) is 8.52. The summed E-state index contributed by atoms with van der Waals surface area (Å²) in [6, 6.07) is 8.70. The van der Waals surface area contributed by atoms with Gasteiger partial charge in [-0.15, -0.1) is 0 Å². The first-order valence-electron chi connectivity index (χ1n) is 16.7. The van der Waals surface area contributed by atoms with Gasteiger partial charge in [0.25, 0.3) is 0 Å². The summed E-state index contributed by atoms with van der Waals surface area (Å²) >= 11 is 0. The second-order valence-electron chi connectivity index (χ2n) is 14.4. The van der Waals surface area contributed by atoms with E-state index in [9.17, 15) is 35.7 Å². The van der Waals surface area contributed by atoms with E-state index in [0.29, 0.717) is 51.8 Å². The number of rotatable bonds is 6. The highest BCUT2D eigenvalue weighted by Crippen LogP contribution is 2.60. The number of aryl methyl sites for hydroxylation is 1. The SMILES string of the molecule is CCc1cccc2c1-n1nc3c(c1C1(C)C2=CC(C)(F)c2c1ccn2C(=O)OCOP(=O)(O)O)CN(Cc1ccc(C(F)(F)F)cc1C(F)(F)F)C3(C)C. The summed E-state index contributed by atoms with van der Waals surface area (Å²) in [6.45, 7) is 7.07. The molecule has 2 N–H and O–H groups in total. The van der Waals surface area contributed by atoms with Gasteiger partial charge in [0.2, 0.25) is 6.79 Å². The topological polar surface area (TPSA) is 119 Å². The van der Waals surface area contributed by atoms with Crippen LogP contribution in [0.25, 0.3) is 11.3 Å². The van der Waals surface area contributed by atoms with Gasteiger partial charge in [0.15, 0.2) is 5.67 Å². The van der Waals surface area contributed by atoms with Crippen molar-refractivity contribution in [1.29, 1.82) is 0 Å². The molecule has 0 bridgehead atoms. The van der Waals surface area contributed by atoms with Gasteiger partial charge >= 0.3 is 26.3 Å². The number of nitrogens with zero attached hydrogens (tertiary/aromatic N) is 4. The van der Waals surface area contributed by atoms with Crippen LogP contribution in [0.15, 0.2) is 54.7 Å². The van der Waals surface area contributed by atoms with E-state index in [0.717, 1.165) is 16.2 Å². The van der Waals surface area contributed by atoms with Gasteiger partial charge in [-0.2, -0.15) is 31.4 Å². The maximum atomic E-state index is 17.0. The summed E-state index contributed by atoms with van der Waals surface area (Å²) in [6.07, 6.45) is -8.01. The van der Waals surface area contributed by atoms with Crippen LogP contribution in [0.2, 0.25) is 0 Å². The Morgan fingerprint density at radius 3 is 2.31 bits per heavy atom. The molecular formula is C36H34F7N4O6P. The Hall–Kier alpha value is -4.28. The molecule has 0 saturated heterocycles. The molecule has 3 aliphatic rings. The van der Waals surface area contributed by atoms with Crippen LogP contribution in [0.3, 0.4) is 0 Å². The Balaban J connectivity index is 1.39. The molecule has 2 unspecified atom stereocenters. The minimum absolute atomic E-state index is 0.0210. The predicted octanol–water partition coefficient (Wildman–Crippen LogP) is 8.48. The summed E-state index contributed by atoms with van der Waals surface area (Å²) in [5, 5.41) is 5.09. The molecule has 2 aromatic heterocycles. The van der Waals surface area contributed by atoms with E-state index in [1.807, 2.05) is 32.0 Å². The molecule has 0 spiro atoms. The fourth-order valence-corrected chi connectivity index (χ4v) is 8.39. The number of carbonyl (C=O) groups excluding carboxylic acids is 1. The van der Waals surface area contributed by atoms with E-state index in [-0.39, 0.29) is 30.4 Å². The number of allylic oxidation sites excluding steroid dienone is 2. The summed E-state index contributed by atoms with van der Waals surface area (Å²) in [5.74, 6) is 0. The van der Waals surface area contributed by atoms with E-state index >= 15 is 4.39 Å². The average molecular weight is 783 g/mol. The van der Waals surface area contributed by atoms with Crippen molar-refractivity contribution >= 4 is 19.5 Å². The van der Waals surface area contributed by atoms with Crippen LogP contribution in [0.4, 0.5) is 35.5 Å². The van der Waals surface area contributed by atoms with Crippen LogP contribution in [0, 0.1) is 0 Å². The summed E-state index contributed by atoms with van der Waals surface area (Å²) < 4.78 is 123. The first-order chi connectivity index (χ1) is 24.9. The van der Waals surface area contributed by atoms with Crippen molar-refractivity contribution in [1.82, 2.24) is 19.2 Å². The molecule has 2 atom stereocenters. The maximum Gasteiger partial charge on any atom is 0.472 e. The van der Waals surface area contributed by atoms with Crippen LogP contribution in [0.5, 0.6) is 0 Å². The predicted molar refractivity (Wildman–Crippen MR) is 179 cm³/mol. The number of phosphoric ester groups is 1. The van der Waals surface area contributed by atoms with Crippen LogP contribution in [-0.4, -0.2) is 41.9 Å². The third kappa shape index (κ3) is 5.83. The fraction of sp³-hybridized carbons (Fsp3) is 0.389. The molecule has 2 aromatic carbocycles. The van der Waals surface area contributed by atoms with Gasteiger partial charge in [-0.05, 0) is 80.7 Å². The number of ether oxygens (including phenoxy) is 1. The minimum Gasteiger partial charge on any atom is -0.421 e. The van der Waals surface area contributed by atoms with Gasteiger partial charge in [0.05, 0.1) is 44.8 Å². The van der Waals surface area contributed by atoms with Crippen molar-refractivity contribution in [3.05, 3.63) is 111 Å². The molecule has 0 saturated carbocycles. The number of phosphoric acid groups is 1. The molecule has 7 rings (SSSR count). The standard InChI is InChI=1S/C36H34F7N4O6P/c1-6-19-8-7-9-22-26-15-33(4,37)30-24(12-13-46(30)31(48)52-18-53-54(49,50)51)34(26,5)29-23-17-45(32(2,3)28(23)44-47(29)27(19)22)16-20-10-11-21(35(38,39)40)14-25(20)36(41,42)43/h7-15H,6,16-18H2,1-5H3,(H2,49,50,51). The number of para-hydroxylation sites is 1. The van der Waals surface area contributed by atoms with Crippen LogP contribution in [0.1, 0.15) is 90.6 Å². The lowest BCUT2D eigenvalue weighted by Gasteiger charge is -2.45. The number of carbonyl (C=O) groups is 1.